The Kier molecular flexibility index (Phi) is 3.92. The van der Waals surface area contributed by atoms with Crippen LogP contribution in [0.1, 0.15) is 16.2 Å². The summed E-state index contributed by atoms with van der Waals surface area (Å²) >= 11 is 0. The first-order valence-electron chi connectivity index (χ1n) is 7.79. The molecular weight excluding hydrogens is 316 g/mol. The van der Waals surface area contributed by atoms with E-state index in [0.29, 0.717) is 17.1 Å². The van der Waals surface area contributed by atoms with Crippen molar-refractivity contribution in [1.29, 1.82) is 0 Å². The molecule has 0 fully saturated rings. The van der Waals surface area contributed by atoms with Crippen LogP contribution in [0.25, 0.3) is 16.5 Å². The van der Waals surface area contributed by atoms with E-state index in [2.05, 4.69) is 15.5 Å². The van der Waals surface area contributed by atoms with Crippen LogP contribution in [0.2, 0.25) is 0 Å². The molecule has 6 heteroatoms. The molecule has 0 bridgehead atoms. The van der Waals surface area contributed by atoms with Crippen LogP contribution >= 0.6 is 0 Å². The lowest BCUT2D eigenvalue weighted by Gasteiger charge is -2.10. The summed E-state index contributed by atoms with van der Waals surface area (Å²) in [5.41, 5.74) is 1.37. The Morgan fingerprint density at radius 1 is 0.960 bits per heavy atom. The average Bonchev–Trinajstić information content (AvgIpc) is 3.15. The normalized spacial score (nSPS) is 10.7. The second-order valence-electron chi connectivity index (χ2n) is 5.45. The first-order chi connectivity index (χ1) is 12.4. The predicted molar refractivity (Wildman–Crippen MR) is 92.8 cm³/mol. The van der Waals surface area contributed by atoms with E-state index in [4.69, 9.17) is 4.74 Å². The maximum atomic E-state index is 11.6. The lowest BCUT2D eigenvalue weighted by Crippen LogP contribution is -2.07. The number of fused-ring (bicyclic) bond motifs is 1. The number of rotatable bonds is 5. The number of aromatic nitrogens is 4. The fourth-order valence-corrected chi connectivity index (χ4v) is 2.73. The largest absolute Gasteiger partial charge is 0.485 e. The number of carbonyl (C=O) groups excluding carboxylic acids is 1. The van der Waals surface area contributed by atoms with E-state index in [-0.39, 0.29) is 6.61 Å². The third kappa shape index (κ3) is 2.85. The molecule has 0 spiro atoms. The quantitative estimate of drug-likeness (QED) is 0.526. The average molecular weight is 330 g/mol. The van der Waals surface area contributed by atoms with Crippen molar-refractivity contribution >= 4 is 17.1 Å². The van der Waals surface area contributed by atoms with Gasteiger partial charge in [0.05, 0.1) is 11.3 Å². The van der Waals surface area contributed by atoms with Crippen LogP contribution in [-0.2, 0) is 6.61 Å². The van der Waals surface area contributed by atoms with Gasteiger partial charge in [-0.25, -0.2) is 0 Å². The van der Waals surface area contributed by atoms with Crippen molar-refractivity contribution in [3.05, 3.63) is 78.1 Å². The summed E-state index contributed by atoms with van der Waals surface area (Å²) in [6, 6.07) is 21.0. The van der Waals surface area contributed by atoms with Gasteiger partial charge in [0.1, 0.15) is 12.4 Å². The molecule has 0 amide bonds. The van der Waals surface area contributed by atoms with Gasteiger partial charge in [-0.1, -0.05) is 48.5 Å². The molecule has 1 aromatic heterocycles. The molecule has 6 nitrogen and oxygen atoms in total. The first kappa shape index (κ1) is 15.0. The number of nitrogens with zero attached hydrogens (tertiary/aromatic N) is 4. The summed E-state index contributed by atoms with van der Waals surface area (Å²) < 4.78 is 7.46. The molecule has 0 aliphatic heterocycles. The molecule has 0 aliphatic carbocycles. The smallest absolute Gasteiger partial charge is 0.194 e. The molecule has 0 saturated heterocycles. The Morgan fingerprint density at radius 3 is 2.60 bits per heavy atom. The van der Waals surface area contributed by atoms with Gasteiger partial charge in [0, 0.05) is 0 Å². The van der Waals surface area contributed by atoms with Crippen LogP contribution < -0.4 is 4.74 Å². The molecule has 0 aliphatic rings. The van der Waals surface area contributed by atoms with Crippen molar-refractivity contribution in [3.8, 4) is 11.4 Å². The van der Waals surface area contributed by atoms with E-state index in [1.165, 1.54) is 0 Å². The van der Waals surface area contributed by atoms with Crippen LogP contribution in [0, 0.1) is 0 Å². The number of hydrogen-bond donors (Lipinski definition) is 0. The number of ether oxygens (including phenoxy) is 1. The summed E-state index contributed by atoms with van der Waals surface area (Å²) in [7, 11) is 0. The minimum atomic E-state index is 0.154. The number of para-hydroxylation sites is 1. The van der Waals surface area contributed by atoms with Crippen LogP contribution in [0.5, 0.6) is 5.75 Å². The summed E-state index contributed by atoms with van der Waals surface area (Å²) in [6.45, 7) is 0.154. The van der Waals surface area contributed by atoms with Crippen LogP contribution in [-0.4, -0.2) is 26.5 Å². The standard InChI is InChI=1S/C19H14N4O2/c24-12-17-16-9-5-4-6-14(16)10-11-18(17)25-13-19-20-21-22-23(19)15-7-2-1-3-8-15/h1-12H,13H2. The fraction of sp³-hybridized carbons (Fsp3) is 0.0526. The highest BCUT2D eigenvalue weighted by molar-refractivity contribution is 6.00. The van der Waals surface area contributed by atoms with Crippen molar-refractivity contribution in [2.24, 2.45) is 0 Å². The maximum absolute atomic E-state index is 11.6. The molecule has 4 aromatic rings. The van der Waals surface area contributed by atoms with Crippen molar-refractivity contribution in [2.75, 3.05) is 0 Å². The van der Waals surface area contributed by atoms with E-state index >= 15 is 0 Å². The molecule has 0 N–H and O–H groups in total. The molecule has 4 rings (SSSR count). The van der Waals surface area contributed by atoms with Crippen molar-refractivity contribution in [3.63, 3.8) is 0 Å². The summed E-state index contributed by atoms with van der Waals surface area (Å²) in [4.78, 5) is 11.6. The number of aldehydes is 1. The van der Waals surface area contributed by atoms with Gasteiger partial charge in [-0.2, -0.15) is 4.68 Å². The fourth-order valence-electron chi connectivity index (χ4n) is 2.73. The van der Waals surface area contributed by atoms with Gasteiger partial charge in [-0.3, -0.25) is 4.79 Å². The van der Waals surface area contributed by atoms with E-state index < -0.39 is 0 Å². The lowest BCUT2D eigenvalue weighted by atomic mass is 10.0. The third-order valence-corrected chi connectivity index (χ3v) is 3.94. The van der Waals surface area contributed by atoms with Crippen LogP contribution in [0.3, 0.4) is 0 Å². The lowest BCUT2D eigenvalue weighted by molar-refractivity contribution is 0.112. The van der Waals surface area contributed by atoms with Gasteiger partial charge < -0.3 is 4.74 Å². The number of tetrazole rings is 1. The second kappa shape index (κ2) is 6.52. The molecule has 0 saturated carbocycles. The SMILES string of the molecule is O=Cc1c(OCc2nnnn2-c2ccccc2)ccc2ccccc12. The predicted octanol–water partition coefficient (Wildman–Crippen LogP) is 3.21. The van der Waals surface area contributed by atoms with Gasteiger partial charge in [0.25, 0.3) is 0 Å². The summed E-state index contributed by atoms with van der Waals surface area (Å²) in [6.07, 6.45) is 0.817. The Morgan fingerprint density at radius 2 is 1.76 bits per heavy atom. The molecule has 0 radical (unpaired) electrons. The molecule has 25 heavy (non-hydrogen) atoms. The monoisotopic (exact) mass is 330 g/mol. The zero-order valence-electron chi connectivity index (χ0n) is 13.2. The van der Waals surface area contributed by atoms with E-state index in [1.807, 2.05) is 60.7 Å². The van der Waals surface area contributed by atoms with Crippen molar-refractivity contribution < 1.29 is 9.53 Å². The maximum Gasteiger partial charge on any atom is 0.194 e. The van der Waals surface area contributed by atoms with Gasteiger partial charge in [0.15, 0.2) is 12.1 Å². The Balaban J connectivity index is 1.64. The van der Waals surface area contributed by atoms with Gasteiger partial charge in [-0.05, 0) is 39.4 Å². The van der Waals surface area contributed by atoms with Crippen LogP contribution in [0.4, 0.5) is 0 Å². The molecular formula is C19H14N4O2. The highest BCUT2D eigenvalue weighted by Crippen LogP contribution is 2.27. The molecule has 1 heterocycles. The number of benzene rings is 3. The highest BCUT2D eigenvalue weighted by atomic mass is 16.5. The minimum absolute atomic E-state index is 0.154. The Labute approximate surface area is 143 Å². The zero-order chi connectivity index (χ0) is 17.1. The van der Waals surface area contributed by atoms with Gasteiger partial charge in [-0.15, -0.1) is 5.10 Å². The van der Waals surface area contributed by atoms with Crippen LogP contribution in [0.15, 0.2) is 66.7 Å². The molecule has 122 valence electrons. The van der Waals surface area contributed by atoms with Crippen molar-refractivity contribution in [2.45, 2.75) is 6.61 Å². The van der Waals surface area contributed by atoms with Crippen molar-refractivity contribution in [1.82, 2.24) is 20.2 Å². The Hall–Kier alpha value is -3.54. The summed E-state index contributed by atoms with van der Waals surface area (Å²) in [5, 5.41) is 13.6. The minimum Gasteiger partial charge on any atom is -0.485 e. The molecule has 0 atom stereocenters. The zero-order valence-corrected chi connectivity index (χ0v) is 13.2. The van der Waals surface area contributed by atoms with E-state index in [9.17, 15) is 4.79 Å². The highest BCUT2D eigenvalue weighted by Gasteiger charge is 2.12. The summed E-state index contributed by atoms with van der Waals surface area (Å²) in [5.74, 6) is 1.06. The Bertz CT molecular complexity index is 1030. The van der Waals surface area contributed by atoms with Gasteiger partial charge in [0.2, 0.25) is 0 Å². The van der Waals surface area contributed by atoms with E-state index in [1.54, 1.807) is 10.7 Å². The van der Waals surface area contributed by atoms with E-state index in [0.717, 1.165) is 22.7 Å². The topological polar surface area (TPSA) is 69.9 Å². The number of carbonyl (C=O) groups is 1. The first-order valence-corrected chi connectivity index (χ1v) is 7.79. The molecule has 0 unspecified atom stereocenters. The number of hydrogen-bond acceptors (Lipinski definition) is 5. The molecule has 3 aromatic carbocycles. The third-order valence-electron chi connectivity index (χ3n) is 3.94. The van der Waals surface area contributed by atoms with Gasteiger partial charge >= 0.3 is 0 Å². The second-order valence-corrected chi connectivity index (χ2v) is 5.45.